The highest BCUT2D eigenvalue weighted by atomic mass is 16.6. The molecule has 4 aromatic carbocycles. The predicted molar refractivity (Wildman–Crippen MR) is 117 cm³/mol. The van der Waals surface area contributed by atoms with Gasteiger partial charge in [0.25, 0.3) is 5.69 Å². The molecule has 5 heteroatoms. The van der Waals surface area contributed by atoms with E-state index in [4.69, 9.17) is 0 Å². The van der Waals surface area contributed by atoms with Gasteiger partial charge in [0.2, 0.25) is 0 Å². The van der Waals surface area contributed by atoms with Crippen LogP contribution in [0.3, 0.4) is 0 Å². The molecule has 0 N–H and O–H groups in total. The van der Waals surface area contributed by atoms with E-state index >= 15 is 0 Å². The molecule has 0 fully saturated rings. The fourth-order valence-corrected chi connectivity index (χ4v) is 4.08. The molecule has 0 bridgehead atoms. The van der Waals surface area contributed by atoms with Gasteiger partial charge < -0.3 is 0 Å². The molecular weight excluding hydrogens is 374 g/mol. The Labute approximate surface area is 173 Å². The highest BCUT2D eigenvalue weighted by molar-refractivity contribution is 5.82. The first-order valence-corrected chi connectivity index (χ1v) is 9.66. The molecule has 144 valence electrons. The van der Waals surface area contributed by atoms with Crippen molar-refractivity contribution in [2.75, 3.05) is 0 Å². The summed E-state index contributed by atoms with van der Waals surface area (Å²) in [4.78, 5) is 10.8. The third kappa shape index (κ3) is 3.06. The van der Waals surface area contributed by atoms with E-state index in [9.17, 15) is 10.1 Å². The lowest BCUT2D eigenvalue weighted by atomic mass is 9.89. The molecule has 4 aromatic rings. The number of nitrogens with zero attached hydrogens (tertiary/aromatic N) is 3. The summed E-state index contributed by atoms with van der Waals surface area (Å²) >= 11 is 0. The zero-order chi connectivity index (χ0) is 20.5. The zero-order valence-corrected chi connectivity index (χ0v) is 16.0. The molecule has 1 atom stereocenters. The number of nitro benzene ring substituents is 1. The molecule has 5 nitrogen and oxygen atoms in total. The molecule has 1 aliphatic rings. The Morgan fingerprint density at radius 3 is 2.23 bits per heavy atom. The summed E-state index contributed by atoms with van der Waals surface area (Å²) in [6.07, 6.45) is 0. The molecule has 1 unspecified atom stereocenters. The van der Waals surface area contributed by atoms with Crippen molar-refractivity contribution in [1.82, 2.24) is 0 Å². The number of hydrogen-bond acceptors (Lipinski definition) is 4. The highest BCUT2D eigenvalue weighted by Gasteiger charge is 2.29. The number of nitro groups is 1. The maximum absolute atomic E-state index is 11.2. The van der Waals surface area contributed by atoms with Crippen LogP contribution in [0.4, 0.5) is 17.1 Å². The van der Waals surface area contributed by atoms with Gasteiger partial charge in [-0.3, -0.25) is 10.1 Å². The fraction of sp³-hybridized carbons (Fsp3) is 0.0400. The van der Waals surface area contributed by atoms with E-state index in [-0.39, 0.29) is 17.3 Å². The quantitative estimate of drug-likeness (QED) is 0.185. The minimum atomic E-state index is -0.445. The fourth-order valence-electron chi connectivity index (χ4n) is 4.08. The maximum Gasteiger partial charge on any atom is 0.296 e. The maximum atomic E-state index is 11.2. The van der Waals surface area contributed by atoms with Gasteiger partial charge in [-0.25, -0.2) is 0 Å². The van der Waals surface area contributed by atoms with Crippen LogP contribution in [0.5, 0.6) is 0 Å². The SMILES string of the molecule is O=[N+]([O-])c1ccccc1N=Nc1ccc2c(c1)C(c1ccccc1)c1ccccc1-2. The second kappa shape index (κ2) is 7.37. The topological polar surface area (TPSA) is 67.9 Å². The smallest absolute Gasteiger partial charge is 0.258 e. The Balaban J connectivity index is 1.59. The van der Waals surface area contributed by atoms with Crippen molar-refractivity contribution < 1.29 is 4.92 Å². The Morgan fingerprint density at radius 2 is 1.40 bits per heavy atom. The molecule has 5 rings (SSSR count). The summed E-state index contributed by atoms with van der Waals surface area (Å²) in [6.45, 7) is 0. The molecule has 0 aliphatic heterocycles. The van der Waals surface area contributed by atoms with Gasteiger partial charge in [-0.15, -0.1) is 5.11 Å². The van der Waals surface area contributed by atoms with Crippen LogP contribution in [0, 0.1) is 10.1 Å². The second-order valence-corrected chi connectivity index (χ2v) is 7.15. The van der Waals surface area contributed by atoms with Crippen LogP contribution >= 0.6 is 0 Å². The summed E-state index contributed by atoms with van der Waals surface area (Å²) in [5.41, 5.74) is 6.92. The average Bonchev–Trinajstić information content (AvgIpc) is 3.12. The lowest BCUT2D eigenvalue weighted by Gasteiger charge is -2.14. The number of para-hydroxylation sites is 1. The van der Waals surface area contributed by atoms with Gasteiger partial charge in [0.1, 0.15) is 0 Å². The summed E-state index contributed by atoms with van der Waals surface area (Å²) in [7, 11) is 0. The molecule has 0 spiro atoms. The summed E-state index contributed by atoms with van der Waals surface area (Å²) in [5.74, 6) is 0.124. The molecule has 0 saturated carbocycles. The lowest BCUT2D eigenvalue weighted by Crippen LogP contribution is -1.98. The first kappa shape index (κ1) is 17.9. The van der Waals surface area contributed by atoms with E-state index in [0.717, 1.165) is 0 Å². The number of benzene rings is 4. The number of azo groups is 1. The van der Waals surface area contributed by atoms with Crippen LogP contribution in [0.1, 0.15) is 22.6 Å². The van der Waals surface area contributed by atoms with Crippen molar-refractivity contribution >= 4 is 17.1 Å². The second-order valence-electron chi connectivity index (χ2n) is 7.15. The lowest BCUT2D eigenvalue weighted by molar-refractivity contribution is -0.384. The van der Waals surface area contributed by atoms with Crippen molar-refractivity contribution in [2.45, 2.75) is 5.92 Å². The van der Waals surface area contributed by atoms with Crippen molar-refractivity contribution in [2.24, 2.45) is 10.2 Å². The number of rotatable bonds is 4. The first-order chi connectivity index (χ1) is 14.7. The molecule has 0 saturated heterocycles. The van der Waals surface area contributed by atoms with Crippen molar-refractivity contribution in [3.05, 3.63) is 124 Å². The van der Waals surface area contributed by atoms with Gasteiger partial charge >= 0.3 is 0 Å². The zero-order valence-electron chi connectivity index (χ0n) is 16.0. The number of hydrogen-bond donors (Lipinski definition) is 0. The highest BCUT2D eigenvalue weighted by Crippen LogP contribution is 2.49. The van der Waals surface area contributed by atoms with Crippen molar-refractivity contribution in [3.8, 4) is 11.1 Å². The Kier molecular flexibility index (Phi) is 4.41. The minimum Gasteiger partial charge on any atom is -0.258 e. The largest absolute Gasteiger partial charge is 0.296 e. The average molecular weight is 391 g/mol. The monoisotopic (exact) mass is 391 g/mol. The predicted octanol–water partition coefficient (Wildman–Crippen LogP) is 7.17. The van der Waals surface area contributed by atoms with Gasteiger partial charge in [-0.1, -0.05) is 72.8 Å². The van der Waals surface area contributed by atoms with E-state index in [1.165, 1.54) is 33.9 Å². The number of fused-ring (bicyclic) bond motifs is 3. The summed E-state index contributed by atoms with van der Waals surface area (Å²) in [6, 6.07) is 31.2. The van der Waals surface area contributed by atoms with Crippen LogP contribution in [0.2, 0.25) is 0 Å². The molecular formula is C25H17N3O2. The van der Waals surface area contributed by atoms with Gasteiger partial charge in [0.05, 0.1) is 10.6 Å². The van der Waals surface area contributed by atoms with E-state index in [1.54, 1.807) is 18.2 Å². The first-order valence-electron chi connectivity index (χ1n) is 9.66. The van der Waals surface area contributed by atoms with E-state index in [0.29, 0.717) is 5.69 Å². The van der Waals surface area contributed by atoms with Gasteiger partial charge in [-0.05, 0) is 46.0 Å². The van der Waals surface area contributed by atoms with Crippen molar-refractivity contribution in [3.63, 3.8) is 0 Å². The molecule has 0 heterocycles. The van der Waals surface area contributed by atoms with Crippen LogP contribution in [0.25, 0.3) is 11.1 Å². The summed E-state index contributed by atoms with van der Waals surface area (Å²) in [5, 5.41) is 19.7. The molecule has 0 aromatic heterocycles. The molecule has 30 heavy (non-hydrogen) atoms. The van der Waals surface area contributed by atoms with E-state index < -0.39 is 4.92 Å². The minimum absolute atomic E-state index is 0.0584. The molecule has 0 radical (unpaired) electrons. The summed E-state index contributed by atoms with van der Waals surface area (Å²) < 4.78 is 0. The Hall–Kier alpha value is -4.12. The Morgan fingerprint density at radius 1 is 0.700 bits per heavy atom. The molecule has 1 aliphatic carbocycles. The van der Waals surface area contributed by atoms with E-state index in [1.807, 2.05) is 30.3 Å². The third-order valence-corrected chi connectivity index (χ3v) is 5.39. The Bertz CT molecular complexity index is 1280. The standard InChI is InChI=1S/C25H17N3O2/c29-28(30)24-13-7-6-12-23(24)27-26-18-14-15-20-19-10-4-5-11-21(19)25(22(20)16-18)17-8-2-1-3-9-17/h1-16,25H. The van der Waals surface area contributed by atoms with Gasteiger partial charge in [-0.2, -0.15) is 5.11 Å². The third-order valence-electron chi connectivity index (χ3n) is 5.39. The van der Waals surface area contributed by atoms with Crippen LogP contribution in [-0.2, 0) is 0 Å². The van der Waals surface area contributed by atoms with Crippen LogP contribution in [0.15, 0.2) is 107 Å². The van der Waals surface area contributed by atoms with Gasteiger partial charge in [0.15, 0.2) is 5.69 Å². The van der Waals surface area contributed by atoms with Crippen LogP contribution in [-0.4, -0.2) is 4.92 Å². The van der Waals surface area contributed by atoms with E-state index in [2.05, 4.69) is 52.7 Å². The van der Waals surface area contributed by atoms with Gasteiger partial charge in [0, 0.05) is 12.0 Å². The van der Waals surface area contributed by atoms with Crippen molar-refractivity contribution in [1.29, 1.82) is 0 Å². The normalized spacial score (nSPS) is 14.5. The van der Waals surface area contributed by atoms with Crippen LogP contribution < -0.4 is 0 Å². The molecule has 0 amide bonds.